The highest BCUT2D eigenvalue weighted by Gasteiger charge is 2.32. The van der Waals surface area contributed by atoms with Crippen molar-refractivity contribution in [2.45, 2.75) is 38.9 Å². The van der Waals surface area contributed by atoms with E-state index in [0.717, 1.165) is 19.4 Å². The van der Waals surface area contributed by atoms with E-state index in [1.54, 1.807) is 0 Å². The van der Waals surface area contributed by atoms with Crippen LogP contribution in [0, 0.1) is 5.92 Å². The van der Waals surface area contributed by atoms with Gasteiger partial charge in [0.2, 0.25) is 0 Å². The summed E-state index contributed by atoms with van der Waals surface area (Å²) in [5, 5.41) is 3.29. The molecule has 0 radical (unpaired) electrons. The molecular formula is C11H21F3N2. The van der Waals surface area contributed by atoms with Gasteiger partial charge in [0.15, 0.2) is 0 Å². The summed E-state index contributed by atoms with van der Waals surface area (Å²) in [4.78, 5) is 1.52. The van der Waals surface area contributed by atoms with E-state index in [4.69, 9.17) is 0 Å². The summed E-state index contributed by atoms with van der Waals surface area (Å²) < 4.78 is 36.7. The molecule has 1 saturated heterocycles. The Kier molecular flexibility index (Phi) is 5.05. The third-order valence-electron chi connectivity index (χ3n) is 2.82. The normalized spacial score (nSPS) is 24.0. The lowest BCUT2D eigenvalue weighted by atomic mass is 9.98. The second kappa shape index (κ2) is 5.87. The van der Waals surface area contributed by atoms with Crippen LogP contribution in [0.3, 0.4) is 0 Å². The predicted molar refractivity (Wildman–Crippen MR) is 58.4 cm³/mol. The molecule has 1 rings (SSSR count). The number of hydrogen-bond acceptors (Lipinski definition) is 2. The zero-order chi connectivity index (χ0) is 12.2. The topological polar surface area (TPSA) is 15.3 Å². The molecule has 1 fully saturated rings. The molecule has 1 aliphatic rings. The maximum absolute atomic E-state index is 12.2. The number of piperidine rings is 1. The maximum Gasteiger partial charge on any atom is 0.401 e. The first kappa shape index (κ1) is 13.8. The molecule has 0 amide bonds. The molecule has 1 atom stereocenters. The lowest BCUT2D eigenvalue weighted by molar-refractivity contribution is -0.149. The summed E-state index contributed by atoms with van der Waals surface area (Å²) in [5.74, 6) is 0.360. The minimum atomic E-state index is -4.06. The molecule has 1 unspecified atom stereocenters. The van der Waals surface area contributed by atoms with E-state index < -0.39 is 12.7 Å². The number of rotatable bonds is 4. The molecule has 1 aliphatic heterocycles. The van der Waals surface area contributed by atoms with Crippen LogP contribution in [0.15, 0.2) is 0 Å². The maximum atomic E-state index is 12.2. The van der Waals surface area contributed by atoms with Gasteiger partial charge in [-0.2, -0.15) is 13.2 Å². The smallest absolute Gasteiger partial charge is 0.314 e. The summed E-state index contributed by atoms with van der Waals surface area (Å²) in [6, 6.07) is 0.401. The third kappa shape index (κ3) is 5.70. The lowest BCUT2D eigenvalue weighted by Gasteiger charge is -2.33. The van der Waals surface area contributed by atoms with Gasteiger partial charge in [-0.05, 0) is 31.8 Å². The molecule has 0 aromatic heterocycles. The highest BCUT2D eigenvalue weighted by molar-refractivity contribution is 4.76. The van der Waals surface area contributed by atoms with Gasteiger partial charge in [0, 0.05) is 12.6 Å². The van der Waals surface area contributed by atoms with Crippen LogP contribution in [0.25, 0.3) is 0 Å². The van der Waals surface area contributed by atoms with Crippen LogP contribution in [0.4, 0.5) is 13.2 Å². The monoisotopic (exact) mass is 238 g/mol. The van der Waals surface area contributed by atoms with Crippen molar-refractivity contribution < 1.29 is 13.2 Å². The molecule has 0 aromatic rings. The van der Waals surface area contributed by atoms with E-state index >= 15 is 0 Å². The van der Waals surface area contributed by atoms with E-state index in [0.29, 0.717) is 25.0 Å². The van der Waals surface area contributed by atoms with Crippen molar-refractivity contribution >= 4 is 0 Å². The van der Waals surface area contributed by atoms with Gasteiger partial charge in [-0.15, -0.1) is 0 Å². The van der Waals surface area contributed by atoms with Crippen LogP contribution in [-0.4, -0.2) is 43.3 Å². The van der Waals surface area contributed by atoms with E-state index in [-0.39, 0.29) is 0 Å². The highest BCUT2D eigenvalue weighted by atomic mass is 19.4. The quantitative estimate of drug-likeness (QED) is 0.808. The standard InChI is InChI=1S/C11H21F3N2/c1-9(2)15-6-10-4-3-5-16(7-10)8-11(12,13)14/h9-10,15H,3-8H2,1-2H3. The summed E-state index contributed by atoms with van der Waals surface area (Å²) in [6.45, 7) is 5.32. The SMILES string of the molecule is CC(C)NCC1CCCN(CC(F)(F)F)C1. The Morgan fingerprint density at radius 2 is 2.06 bits per heavy atom. The van der Waals surface area contributed by atoms with Crippen molar-refractivity contribution in [2.75, 3.05) is 26.2 Å². The van der Waals surface area contributed by atoms with Crippen molar-refractivity contribution in [3.8, 4) is 0 Å². The minimum absolute atomic E-state index is 0.360. The minimum Gasteiger partial charge on any atom is -0.314 e. The van der Waals surface area contributed by atoms with Crippen molar-refractivity contribution in [3.63, 3.8) is 0 Å². The van der Waals surface area contributed by atoms with Crippen LogP contribution in [0.1, 0.15) is 26.7 Å². The Hall–Kier alpha value is -0.290. The van der Waals surface area contributed by atoms with Crippen LogP contribution in [0.5, 0.6) is 0 Å². The van der Waals surface area contributed by atoms with Crippen LogP contribution >= 0.6 is 0 Å². The first-order chi connectivity index (χ1) is 7.37. The van der Waals surface area contributed by atoms with Gasteiger partial charge in [0.25, 0.3) is 0 Å². The first-order valence-corrected chi connectivity index (χ1v) is 5.89. The van der Waals surface area contributed by atoms with Gasteiger partial charge in [0.05, 0.1) is 6.54 Å². The van der Waals surface area contributed by atoms with Crippen LogP contribution < -0.4 is 5.32 Å². The fourth-order valence-corrected chi connectivity index (χ4v) is 2.12. The molecule has 0 bridgehead atoms. The van der Waals surface area contributed by atoms with Crippen molar-refractivity contribution in [2.24, 2.45) is 5.92 Å². The molecule has 1 N–H and O–H groups in total. The van der Waals surface area contributed by atoms with Gasteiger partial charge >= 0.3 is 6.18 Å². The van der Waals surface area contributed by atoms with Crippen molar-refractivity contribution in [3.05, 3.63) is 0 Å². The van der Waals surface area contributed by atoms with E-state index in [1.807, 2.05) is 0 Å². The number of nitrogens with one attached hydrogen (secondary N) is 1. The number of alkyl halides is 3. The summed E-state index contributed by atoms with van der Waals surface area (Å²) in [6.07, 6.45) is -2.15. The predicted octanol–water partition coefficient (Wildman–Crippen LogP) is 2.26. The molecule has 5 heteroatoms. The Morgan fingerprint density at radius 1 is 1.38 bits per heavy atom. The zero-order valence-electron chi connectivity index (χ0n) is 9.98. The zero-order valence-corrected chi connectivity index (χ0v) is 9.98. The van der Waals surface area contributed by atoms with Gasteiger partial charge < -0.3 is 5.32 Å². The van der Waals surface area contributed by atoms with Gasteiger partial charge in [-0.1, -0.05) is 13.8 Å². The molecule has 0 saturated carbocycles. The van der Waals surface area contributed by atoms with Crippen LogP contribution in [-0.2, 0) is 0 Å². The molecule has 16 heavy (non-hydrogen) atoms. The third-order valence-corrected chi connectivity index (χ3v) is 2.82. The summed E-state index contributed by atoms with van der Waals surface area (Å²) in [7, 11) is 0. The first-order valence-electron chi connectivity index (χ1n) is 5.89. The van der Waals surface area contributed by atoms with E-state index in [1.165, 1.54) is 4.90 Å². The molecule has 1 heterocycles. The second-order valence-electron chi connectivity index (χ2n) is 4.92. The second-order valence-corrected chi connectivity index (χ2v) is 4.92. The van der Waals surface area contributed by atoms with Gasteiger partial charge in [0.1, 0.15) is 0 Å². The Morgan fingerprint density at radius 3 is 2.62 bits per heavy atom. The number of likely N-dealkylation sites (tertiary alicyclic amines) is 1. The van der Waals surface area contributed by atoms with Crippen molar-refractivity contribution in [1.29, 1.82) is 0 Å². The van der Waals surface area contributed by atoms with Crippen molar-refractivity contribution in [1.82, 2.24) is 10.2 Å². The molecule has 2 nitrogen and oxygen atoms in total. The molecule has 0 aromatic carbocycles. The molecule has 0 aliphatic carbocycles. The fourth-order valence-electron chi connectivity index (χ4n) is 2.12. The van der Waals surface area contributed by atoms with E-state index in [9.17, 15) is 13.2 Å². The summed E-state index contributed by atoms with van der Waals surface area (Å²) in [5.41, 5.74) is 0. The highest BCUT2D eigenvalue weighted by Crippen LogP contribution is 2.22. The van der Waals surface area contributed by atoms with E-state index in [2.05, 4.69) is 19.2 Å². The van der Waals surface area contributed by atoms with Gasteiger partial charge in [-0.25, -0.2) is 0 Å². The lowest BCUT2D eigenvalue weighted by Crippen LogP contribution is -2.44. The Bertz CT molecular complexity index is 204. The average Bonchev–Trinajstić information content (AvgIpc) is 2.12. The Labute approximate surface area is 95.2 Å². The summed E-state index contributed by atoms with van der Waals surface area (Å²) >= 11 is 0. The van der Waals surface area contributed by atoms with Crippen LogP contribution in [0.2, 0.25) is 0 Å². The largest absolute Gasteiger partial charge is 0.401 e. The molecular weight excluding hydrogens is 217 g/mol. The number of halogens is 3. The number of hydrogen-bond donors (Lipinski definition) is 1. The van der Waals surface area contributed by atoms with Gasteiger partial charge in [-0.3, -0.25) is 4.90 Å². The molecule has 0 spiro atoms. The Balaban J connectivity index is 2.30. The average molecular weight is 238 g/mol. The fraction of sp³-hybridized carbons (Fsp3) is 1.00. The molecule has 96 valence electrons. The number of nitrogens with zero attached hydrogens (tertiary/aromatic N) is 1.